The maximum atomic E-state index is 12.5. The van der Waals surface area contributed by atoms with E-state index in [-0.39, 0.29) is 0 Å². The molecule has 0 fully saturated rings. The lowest BCUT2D eigenvalue weighted by atomic mass is 10.2. The van der Waals surface area contributed by atoms with Gasteiger partial charge in [-0.3, -0.25) is 9.59 Å². The summed E-state index contributed by atoms with van der Waals surface area (Å²) in [6, 6.07) is 14.9. The number of fused-ring (bicyclic) bond motifs is 1. The summed E-state index contributed by atoms with van der Waals surface area (Å²) in [6.45, 7) is 0. The highest BCUT2D eigenvalue weighted by Gasteiger charge is 2.22. The van der Waals surface area contributed by atoms with E-state index in [2.05, 4.69) is 4.98 Å². The molecule has 0 atom stereocenters. The molecular weight excluding hydrogens is 374 g/mol. The highest BCUT2D eigenvalue weighted by molar-refractivity contribution is 7.92. The SMILES string of the molecule is O=C(C=Cc1ccc(Cl)cc1)CS(=O)(=O)c1cc2ccccc2[nH]c1=O. The number of benzene rings is 2. The van der Waals surface area contributed by atoms with Crippen molar-refractivity contribution in [3.63, 3.8) is 0 Å². The first-order valence-electron chi connectivity index (χ1n) is 7.66. The van der Waals surface area contributed by atoms with Gasteiger partial charge in [0.05, 0.1) is 0 Å². The summed E-state index contributed by atoms with van der Waals surface area (Å²) in [5.74, 6) is -1.40. The van der Waals surface area contributed by atoms with Crippen molar-refractivity contribution in [3.8, 4) is 0 Å². The Hall–Kier alpha value is -2.70. The molecule has 0 amide bonds. The zero-order chi connectivity index (χ0) is 18.7. The van der Waals surface area contributed by atoms with E-state index in [4.69, 9.17) is 11.6 Å². The first-order valence-corrected chi connectivity index (χ1v) is 9.69. The molecule has 0 radical (unpaired) electrons. The fourth-order valence-corrected chi connectivity index (χ4v) is 3.83. The van der Waals surface area contributed by atoms with Gasteiger partial charge in [0.15, 0.2) is 15.6 Å². The highest BCUT2D eigenvalue weighted by Crippen LogP contribution is 2.15. The van der Waals surface area contributed by atoms with Crippen molar-refractivity contribution in [2.75, 3.05) is 5.75 Å². The maximum Gasteiger partial charge on any atom is 0.267 e. The number of aromatic amines is 1. The quantitative estimate of drug-likeness (QED) is 0.681. The lowest BCUT2D eigenvalue weighted by Gasteiger charge is -2.04. The number of ketones is 1. The molecule has 0 aliphatic heterocycles. The van der Waals surface area contributed by atoms with Gasteiger partial charge in [-0.2, -0.15) is 0 Å². The predicted octanol–water partition coefficient (Wildman–Crippen LogP) is 3.24. The molecule has 7 heteroatoms. The number of allylic oxidation sites excluding steroid dienone is 1. The van der Waals surface area contributed by atoms with Crippen LogP contribution in [0.15, 0.2) is 70.4 Å². The molecule has 1 N–H and O–H groups in total. The number of H-pyrrole nitrogens is 1. The first kappa shape index (κ1) is 18.1. The molecule has 0 bridgehead atoms. The van der Waals surface area contributed by atoms with Gasteiger partial charge in [0, 0.05) is 10.5 Å². The van der Waals surface area contributed by atoms with Crippen LogP contribution in [-0.4, -0.2) is 24.9 Å². The second kappa shape index (κ2) is 7.27. The van der Waals surface area contributed by atoms with Crippen molar-refractivity contribution < 1.29 is 13.2 Å². The van der Waals surface area contributed by atoms with Crippen molar-refractivity contribution in [1.82, 2.24) is 4.98 Å². The summed E-state index contributed by atoms with van der Waals surface area (Å²) in [6.07, 6.45) is 2.68. The van der Waals surface area contributed by atoms with E-state index in [0.717, 1.165) is 0 Å². The van der Waals surface area contributed by atoms with Crippen molar-refractivity contribution in [2.45, 2.75) is 4.90 Å². The Morgan fingerprint density at radius 2 is 1.77 bits per heavy atom. The predicted molar refractivity (Wildman–Crippen MR) is 102 cm³/mol. The lowest BCUT2D eigenvalue weighted by molar-refractivity contribution is -0.112. The minimum Gasteiger partial charge on any atom is -0.321 e. The van der Waals surface area contributed by atoms with Crippen LogP contribution in [0, 0.1) is 0 Å². The van der Waals surface area contributed by atoms with Gasteiger partial charge in [0.1, 0.15) is 10.6 Å². The van der Waals surface area contributed by atoms with Gasteiger partial charge in [-0.1, -0.05) is 48.0 Å². The number of hydrogen-bond donors (Lipinski definition) is 1. The molecule has 0 saturated heterocycles. The number of aromatic nitrogens is 1. The third-order valence-electron chi connectivity index (χ3n) is 3.72. The molecule has 0 saturated carbocycles. The van der Waals surface area contributed by atoms with Crippen LogP contribution < -0.4 is 5.56 Å². The fourth-order valence-electron chi connectivity index (χ4n) is 2.43. The number of nitrogens with one attached hydrogen (secondary N) is 1. The van der Waals surface area contributed by atoms with E-state index in [0.29, 0.717) is 21.5 Å². The molecule has 0 unspecified atom stereocenters. The molecule has 2 aromatic carbocycles. The summed E-state index contributed by atoms with van der Waals surface area (Å²) in [7, 11) is -4.06. The molecule has 26 heavy (non-hydrogen) atoms. The van der Waals surface area contributed by atoms with Crippen LogP contribution in [0.1, 0.15) is 5.56 Å². The molecule has 0 spiro atoms. The summed E-state index contributed by atoms with van der Waals surface area (Å²) in [5, 5.41) is 1.14. The third kappa shape index (κ3) is 4.09. The largest absolute Gasteiger partial charge is 0.321 e. The zero-order valence-corrected chi connectivity index (χ0v) is 15.0. The van der Waals surface area contributed by atoms with Crippen molar-refractivity contribution in [1.29, 1.82) is 0 Å². The molecule has 132 valence electrons. The van der Waals surface area contributed by atoms with Gasteiger partial charge in [-0.15, -0.1) is 0 Å². The number of rotatable bonds is 5. The summed E-state index contributed by atoms with van der Waals surface area (Å²) in [5.41, 5.74) is 0.507. The Kier molecular flexibility index (Phi) is 5.06. The summed E-state index contributed by atoms with van der Waals surface area (Å²) in [4.78, 5) is 26.3. The van der Waals surface area contributed by atoms with E-state index >= 15 is 0 Å². The Balaban J connectivity index is 1.84. The van der Waals surface area contributed by atoms with E-state index in [1.54, 1.807) is 48.5 Å². The standard InChI is InChI=1S/C19H14ClNO4S/c20-15-8-5-13(6-9-15)7-10-16(22)12-26(24,25)18-11-14-3-1-2-4-17(14)21-19(18)23/h1-11H,12H2,(H,21,23). The van der Waals surface area contributed by atoms with Gasteiger partial charge in [-0.25, -0.2) is 8.42 Å². The number of halogens is 1. The number of para-hydroxylation sites is 1. The van der Waals surface area contributed by atoms with Crippen molar-refractivity contribution in [3.05, 3.63) is 81.6 Å². The normalized spacial score (nSPS) is 11.9. The van der Waals surface area contributed by atoms with Crippen LogP contribution in [0.2, 0.25) is 5.02 Å². The van der Waals surface area contributed by atoms with Gasteiger partial charge < -0.3 is 4.98 Å². The van der Waals surface area contributed by atoms with Crippen molar-refractivity contribution >= 4 is 44.2 Å². The van der Waals surface area contributed by atoms with Crippen LogP contribution in [0.4, 0.5) is 0 Å². The van der Waals surface area contributed by atoms with Gasteiger partial charge in [-0.05, 0) is 41.3 Å². The Bertz CT molecular complexity index is 1160. The van der Waals surface area contributed by atoms with Crippen LogP contribution >= 0.6 is 11.6 Å². The van der Waals surface area contributed by atoms with Crippen LogP contribution in [-0.2, 0) is 14.6 Å². The molecular formula is C19H14ClNO4S. The van der Waals surface area contributed by atoms with E-state index in [9.17, 15) is 18.0 Å². The van der Waals surface area contributed by atoms with Crippen LogP contribution in [0.25, 0.3) is 17.0 Å². The van der Waals surface area contributed by atoms with Gasteiger partial charge >= 0.3 is 0 Å². The number of sulfone groups is 1. The molecule has 5 nitrogen and oxygen atoms in total. The topological polar surface area (TPSA) is 84.1 Å². The Morgan fingerprint density at radius 1 is 1.08 bits per heavy atom. The Morgan fingerprint density at radius 3 is 2.50 bits per heavy atom. The molecule has 0 aliphatic rings. The average Bonchev–Trinajstić information content (AvgIpc) is 2.60. The fraction of sp³-hybridized carbons (Fsp3) is 0.0526. The molecule has 1 aromatic heterocycles. The summed E-state index contributed by atoms with van der Waals surface area (Å²) >= 11 is 5.78. The van der Waals surface area contributed by atoms with E-state index in [1.807, 2.05) is 0 Å². The second-order valence-electron chi connectivity index (χ2n) is 5.66. The second-order valence-corrected chi connectivity index (χ2v) is 8.05. The van der Waals surface area contributed by atoms with Crippen LogP contribution in [0.5, 0.6) is 0 Å². The lowest BCUT2D eigenvalue weighted by Crippen LogP contribution is -2.22. The van der Waals surface area contributed by atoms with Gasteiger partial charge in [0.2, 0.25) is 0 Å². The average molecular weight is 388 g/mol. The van der Waals surface area contributed by atoms with Gasteiger partial charge in [0.25, 0.3) is 5.56 Å². The monoisotopic (exact) mass is 387 g/mol. The summed E-state index contributed by atoms with van der Waals surface area (Å²) < 4.78 is 24.9. The molecule has 3 aromatic rings. The number of carbonyl (C=O) groups is 1. The Labute approximate surface area is 154 Å². The molecule has 1 heterocycles. The minimum absolute atomic E-state index is 0.413. The number of carbonyl (C=O) groups excluding carboxylic acids is 1. The maximum absolute atomic E-state index is 12.5. The minimum atomic E-state index is -4.06. The van der Waals surface area contributed by atoms with E-state index < -0.39 is 31.8 Å². The molecule has 0 aliphatic carbocycles. The van der Waals surface area contributed by atoms with Crippen molar-refractivity contribution in [2.24, 2.45) is 0 Å². The highest BCUT2D eigenvalue weighted by atomic mass is 35.5. The van der Waals surface area contributed by atoms with Crippen LogP contribution in [0.3, 0.4) is 0 Å². The van der Waals surface area contributed by atoms with E-state index in [1.165, 1.54) is 18.2 Å². The zero-order valence-electron chi connectivity index (χ0n) is 13.5. The smallest absolute Gasteiger partial charge is 0.267 e. The first-order chi connectivity index (χ1) is 12.3. The third-order valence-corrected chi connectivity index (χ3v) is 5.61. The number of pyridine rings is 1. The molecule has 3 rings (SSSR count). The number of hydrogen-bond acceptors (Lipinski definition) is 4.